The van der Waals surface area contributed by atoms with E-state index < -0.39 is 0 Å². The second-order valence-electron chi connectivity index (χ2n) is 4.72. The highest BCUT2D eigenvalue weighted by atomic mass is 15.3. The zero-order valence-corrected chi connectivity index (χ0v) is 12.0. The monoisotopic (exact) mass is 258 g/mol. The molecule has 0 saturated carbocycles. The van der Waals surface area contributed by atoms with Gasteiger partial charge in [-0.3, -0.25) is 4.68 Å². The summed E-state index contributed by atoms with van der Waals surface area (Å²) in [7, 11) is 1.88. The van der Waals surface area contributed by atoms with Gasteiger partial charge in [-0.2, -0.15) is 5.10 Å². The van der Waals surface area contributed by atoms with E-state index in [2.05, 4.69) is 53.1 Å². The van der Waals surface area contributed by atoms with E-state index in [1.165, 1.54) is 18.5 Å². The van der Waals surface area contributed by atoms with E-state index in [1.807, 2.05) is 7.05 Å². The van der Waals surface area contributed by atoms with Crippen LogP contribution in [-0.2, 0) is 7.05 Å². The minimum atomic E-state index is 0.783. The van der Waals surface area contributed by atoms with Crippen LogP contribution in [0.2, 0.25) is 0 Å². The minimum Gasteiger partial charge on any atom is -0.372 e. The Labute approximate surface area is 115 Å². The van der Waals surface area contributed by atoms with Crippen molar-refractivity contribution in [1.82, 2.24) is 14.8 Å². The number of aromatic nitrogens is 3. The fourth-order valence-electron chi connectivity index (χ4n) is 2.11. The molecule has 0 atom stereocenters. The molecule has 0 saturated heterocycles. The molecule has 102 valence electrons. The molecule has 1 heterocycles. The highest BCUT2D eigenvalue weighted by molar-refractivity contribution is 5.60. The van der Waals surface area contributed by atoms with Gasteiger partial charge in [-0.15, -0.1) is 0 Å². The van der Waals surface area contributed by atoms with Gasteiger partial charge >= 0.3 is 0 Å². The second-order valence-corrected chi connectivity index (χ2v) is 4.72. The molecule has 0 spiro atoms. The lowest BCUT2D eigenvalue weighted by molar-refractivity contribution is 0.732. The predicted octanol–water partition coefficient (Wildman–Crippen LogP) is 3.11. The van der Waals surface area contributed by atoms with E-state index in [-0.39, 0.29) is 0 Å². The standard InChI is InChI=1S/C15H22N4/c1-4-6-11-19(5-2)14-9-7-13(8-10-14)15-16-12-18(3)17-15/h7-10,12H,4-6,11H2,1-3H3. The molecule has 2 aromatic rings. The van der Waals surface area contributed by atoms with E-state index in [4.69, 9.17) is 0 Å². The average molecular weight is 258 g/mol. The molecule has 0 amide bonds. The van der Waals surface area contributed by atoms with Gasteiger partial charge in [0.25, 0.3) is 0 Å². The Morgan fingerprint density at radius 3 is 2.42 bits per heavy atom. The number of unbranched alkanes of at least 4 members (excludes halogenated alkanes) is 1. The third-order valence-electron chi connectivity index (χ3n) is 3.25. The van der Waals surface area contributed by atoms with Crippen LogP contribution < -0.4 is 4.90 Å². The summed E-state index contributed by atoms with van der Waals surface area (Å²) in [6, 6.07) is 8.51. The molecule has 0 aliphatic heterocycles. The summed E-state index contributed by atoms with van der Waals surface area (Å²) in [6.07, 6.45) is 4.19. The molecule has 0 unspecified atom stereocenters. The van der Waals surface area contributed by atoms with E-state index in [0.717, 1.165) is 24.5 Å². The van der Waals surface area contributed by atoms with Crippen molar-refractivity contribution in [2.24, 2.45) is 7.05 Å². The zero-order chi connectivity index (χ0) is 13.7. The summed E-state index contributed by atoms with van der Waals surface area (Å²) < 4.78 is 1.73. The molecular weight excluding hydrogens is 236 g/mol. The third-order valence-corrected chi connectivity index (χ3v) is 3.25. The summed E-state index contributed by atoms with van der Waals surface area (Å²) in [5.74, 6) is 0.783. The van der Waals surface area contributed by atoms with Crippen LogP contribution in [0.4, 0.5) is 5.69 Å². The van der Waals surface area contributed by atoms with E-state index >= 15 is 0 Å². The maximum Gasteiger partial charge on any atom is 0.181 e. The fourth-order valence-corrected chi connectivity index (χ4v) is 2.11. The molecular formula is C15H22N4. The first-order valence-corrected chi connectivity index (χ1v) is 6.95. The second kappa shape index (κ2) is 6.36. The molecule has 4 nitrogen and oxygen atoms in total. The van der Waals surface area contributed by atoms with Gasteiger partial charge in [0.05, 0.1) is 0 Å². The molecule has 0 fully saturated rings. The topological polar surface area (TPSA) is 34.0 Å². The Morgan fingerprint density at radius 2 is 1.89 bits per heavy atom. The number of hydrogen-bond donors (Lipinski definition) is 0. The molecule has 0 radical (unpaired) electrons. The Balaban J connectivity index is 2.13. The van der Waals surface area contributed by atoms with Crippen LogP contribution in [0.15, 0.2) is 30.6 Å². The summed E-state index contributed by atoms with van der Waals surface area (Å²) in [5.41, 5.74) is 2.34. The van der Waals surface area contributed by atoms with E-state index in [9.17, 15) is 0 Å². The van der Waals surface area contributed by atoms with Crippen LogP contribution in [0.25, 0.3) is 11.4 Å². The quantitative estimate of drug-likeness (QED) is 0.798. The van der Waals surface area contributed by atoms with Crippen molar-refractivity contribution in [3.8, 4) is 11.4 Å². The molecule has 1 aromatic carbocycles. The lowest BCUT2D eigenvalue weighted by Gasteiger charge is -2.23. The first-order valence-electron chi connectivity index (χ1n) is 6.95. The van der Waals surface area contributed by atoms with Crippen molar-refractivity contribution < 1.29 is 0 Å². The first kappa shape index (κ1) is 13.6. The van der Waals surface area contributed by atoms with Crippen LogP contribution in [0, 0.1) is 0 Å². The molecule has 0 N–H and O–H groups in total. The van der Waals surface area contributed by atoms with E-state index in [1.54, 1.807) is 11.0 Å². The maximum atomic E-state index is 4.32. The summed E-state index contributed by atoms with van der Waals surface area (Å²) in [6.45, 7) is 6.59. The predicted molar refractivity (Wildman–Crippen MR) is 79.2 cm³/mol. The van der Waals surface area contributed by atoms with Crippen molar-refractivity contribution in [3.05, 3.63) is 30.6 Å². The van der Waals surface area contributed by atoms with Gasteiger partial charge in [0.15, 0.2) is 5.82 Å². The average Bonchev–Trinajstić information content (AvgIpc) is 2.87. The van der Waals surface area contributed by atoms with Crippen molar-refractivity contribution in [3.63, 3.8) is 0 Å². The van der Waals surface area contributed by atoms with Crippen molar-refractivity contribution in [2.45, 2.75) is 26.7 Å². The highest BCUT2D eigenvalue weighted by Crippen LogP contribution is 2.20. The SMILES string of the molecule is CCCCN(CC)c1ccc(-c2ncn(C)n2)cc1. The highest BCUT2D eigenvalue weighted by Gasteiger charge is 2.06. The number of anilines is 1. The molecule has 19 heavy (non-hydrogen) atoms. The molecule has 2 rings (SSSR count). The lowest BCUT2D eigenvalue weighted by atomic mass is 10.1. The molecule has 0 aliphatic rings. The van der Waals surface area contributed by atoms with Gasteiger partial charge in [0, 0.05) is 31.4 Å². The molecule has 0 aliphatic carbocycles. The Morgan fingerprint density at radius 1 is 1.16 bits per heavy atom. The maximum absolute atomic E-state index is 4.32. The Hall–Kier alpha value is -1.84. The van der Waals surface area contributed by atoms with Gasteiger partial charge in [0.2, 0.25) is 0 Å². The van der Waals surface area contributed by atoms with Crippen LogP contribution >= 0.6 is 0 Å². The first-order chi connectivity index (χ1) is 9.24. The summed E-state index contributed by atoms with van der Waals surface area (Å²) in [4.78, 5) is 6.67. The van der Waals surface area contributed by atoms with Gasteiger partial charge < -0.3 is 4.90 Å². The normalized spacial score (nSPS) is 10.7. The molecule has 1 aromatic heterocycles. The smallest absolute Gasteiger partial charge is 0.181 e. The van der Waals surface area contributed by atoms with Crippen LogP contribution in [0.3, 0.4) is 0 Å². The largest absolute Gasteiger partial charge is 0.372 e. The Bertz CT molecular complexity index is 501. The number of nitrogens with zero attached hydrogens (tertiary/aromatic N) is 4. The van der Waals surface area contributed by atoms with Crippen LogP contribution in [-0.4, -0.2) is 27.9 Å². The number of benzene rings is 1. The van der Waals surface area contributed by atoms with Crippen molar-refractivity contribution >= 4 is 5.69 Å². The lowest BCUT2D eigenvalue weighted by Crippen LogP contribution is -2.23. The third kappa shape index (κ3) is 3.34. The summed E-state index contributed by atoms with van der Waals surface area (Å²) >= 11 is 0. The van der Waals surface area contributed by atoms with Gasteiger partial charge in [-0.05, 0) is 37.6 Å². The van der Waals surface area contributed by atoms with Gasteiger partial charge in [0.1, 0.15) is 6.33 Å². The van der Waals surface area contributed by atoms with Gasteiger partial charge in [-0.1, -0.05) is 13.3 Å². The van der Waals surface area contributed by atoms with E-state index in [0.29, 0.717) is 0 Å². The fraction of sp³-hybridized carbons (Fsp3) is 0.467. The number of aryl methyl sites for hydroxylation is 1. The zero-order valence-electron chi connectivity index (χ0n) is 12.0. The molecule has 4 heteroatoms. The van der Waals surface area contributed by atoms with Crippen LogP contribution in [0.5, 0.6) is 0 Å². The number of hydrogen-bond acceptors (Lipinski definition) is 3. The minimum absolute atomic E-state index is 0.783. The Kier molecular flexibility index (Phi) is 4.55. The molecule has 0 bridgehead atoms. The number of rotatable bonds is 6. The van der Waals surface area contributed by atoms with Gasteiger partial charge in [-0.25, -0.2) is 4.98 Å². The van der Waals surface area contributed by atoms with Crippen molar-refractivity contribution in [2.75, 3.05) is 18.0 Å². The van der Waals surface area contributed by atoms with Crippen molar-refractivity contribution in [1.29, 1.82) is 0 Å². The van der Waals surface area contributed by atoms with Crippen LogP contribution in [0.1, 0.15) is 26.7 Å². The summed E-state index contributed by atoms with van der Waals surface area (Å²) in [5, 5.41) is 4.32.